The van der Waals surface area contributed by atoms with E-state index in [0.717, 1.165) is 57.5 Å². The summed E-state index contributed by atoms with van der Waals surface area (Å²) >= 11 is 0. The number of carbonyl (C=O) groups excluding carboxylic acids is 2. The van der Waals surface area contributed by atoms with Crippen LogP contribution in [0.3, 0.4) is 0 Å². The van der Waals surface area contributed by atoms with Crippen molar-refractivity contribution in [2.75, 3.05) is 31.1 Å². The second-order valence-corrected chi connectivity index (χ2v) is 7.12. The zero-order valence-electron chi connectivity index (χ0n) is 15.2. The fourth-order valence-electron chi connectivity index (χ4n) is 3.69. The van der Waals surface area contributed by atoms with Crippen LogP contribution >= 0.6 is 0 Å². The summed E-state index contributed by atoms with van der Waals surface area (Å²) in [5, 5.41) is 5.34. The number of nitrogens with zero attached hydrogens (tertiary/aromatic N) is 2. The van der Waals surface area contributed by atoms with Crippen LogP contribution in [0.15, 0.2) is 24.3 Å². The Labute approximate surface area is 153 Å². The summed E-state index contributed by atoms with van der Waals surface area (Å²) in [5.74, 6) is -0.510. The van der Waals surface area contributed by atoms with Crippen LogP contribution in [0.25, 0.3) is 0 Å². The average molecular weight is 362 g/mol. The van der Waals surface area contributed by atoms with Gasteiger partial charge >= 0.3 is 6.03 Å². The summed E-state index contributed by atoms with van der Waals surface area (Å²) in [7, 11) is 0. The van der Waals surface area contributed by atoms with Gasteiger partial charge in [0.25, 0.3) is 0 Å². The van der Waals surface area contributed by atoms with Crippen LogP contribution in [-0.2, 0) is 4.79 Å². The lowest BCUT2D eigenvalue weighted by molar-refractivity contribution is -0.124. The highest BCUT2D eigenvalue weighted by molar-refractivity contribution is 5.96. The van der Waals surface area contributed by atoms with Crippen LogP contribution < -0.4 is 15.5 Å². The molecule has 0 bridgehead atoms. The van der Waals surface area contributed by atoms with E-state index in [1.54, 1.807) is 12.1 Å². The molecule has 2 fully saturated rings. The Kier molecular flexibility index (Phi) is 6.08. The molecule has 3 rings (SSSR count). The van der Waals surface area contributed by atoms with Crippen molar-refractivity contribution in [1.82, 2.24) is 15.5 Å². The van der Waals surface area contributed by atoms with Gasteiger partial charge in [0.05, 0.1) is 6.04 Å². The topological polar surface area (TPSA) is 64.7 Å². The number of hydrogen-bond donors (Lipinski definition) is 2. The second kappa shape index (κ2) is 8.49. The standard InChI is InChI=1S/C19H27FN4O2/c1-14(18(25)22-19(26)21-16-4-2-3-5-16)23-10-12-24(13-11-23)17-8-6-15(20)7-9-17/h6-9,14,16H,2-5,10-13H2,1H3,(H2,21,22,25,26)/t14-/m0/s1. The zero-order chi connectivity index (χ0) is 18.5. The zero-order valence-corrected chi connectivity index (χ0v) is 15.2. The van der Waals surface area contributed by atoms with E-state index in [1.165, 1.54) is 12.1 Å². The van der Waals surface area contributed by atoms with Crippen molar-refractivity contribution in [3.05, 3.63) is 30.1 Å². The number of piperazine rings is 1. The monoisotopic (exact) mass is 362 g/mol. The van der Waals surface area contributed by atoms with Gasteiger partial charge in [-0.25, -0.2) is 9.18 Å². The molecule has 1 atom stereocenters. The highest BCUT2D eigenvalue weighted by atomic mass is 19.1. The van der Waals surface area contributed by atoms with Crippen molar-refractivity contribution in [1.29, 1.82) is 0 Å². The number of rotatable bonds is 4. The van der Waals surface area contributed by atoms with Gasteiger partial charge < -0.3 is 10.2 Å². The Morgan fingerprint density at radius 2 is 1.69 bits per heavy atom. The highest BCUT2D eigenvalue weighted by Gasteiger charge is 2.27. The van der Waals surface area contributed by atoms with Crippen LogP contribution in [-0.4, -0.2) is 55.1 Å². The van der Waals surface area contributed by atoms with Crippen molar-refractivity contribution in [3.8, 4) is 0 Å². The lowest BCUT2D eigenvalue weighted by atomic mass is 10.2. The van der Waals surface area contributed by atoms with Gasteiger partial charge in [0.15, 0.2) is 0 Å². The van der Waals surface area contributed by atoms with Gasteiger partial charge in [-0.15, -0.1) is 0 Å². The molecule has 2 aliphatic rings. The molecule has 1 heterocycles. The fourth-order valence-corrected chi connectivity index (χ4v) is 3.69. The number of nitrogens with one attached hydrogen (secondary N) is 2. The highest BCUT2D eigenvalue weighted by Crippen LogP contribution is 2.18. The SMILES string of the molecule is C[C@@H](C(=O)NC(=O)NC1CCCC1)N1CCN(c2ccc(F)cc2)CC1. The van der Waals surface area contributed by atoms with E-state index < -0.39 is 6.03 Å². The Morgan fingerprint density at radius 1 is 1.08 bits per heavy atom. The summed E-state index contributed by atoms with van der Waals surface area (Å²) in [6.07, 6.45) is 4.24. The number of amides is 3. The molecule has 0 unspecified atom stereocenters. The molecule has 0 aromatic heterocycles. The predicted octanol–water partition coefficient (Wildman–Crippen LogP) is 2.10. The molecule has 26 heavy (non-hydrogen) atoms. The van der Waals surface area contributed by atoms with Gasteiger partial charge in [0.2, 0.25) is 5.91 Å². The summed E-state index contributed by atoms with van der Waals surface area (Å²) in [5.41, 5.74) is 0.985. The first-order valence-corrected chi connectivity index (χ1v) is 9.39. The molecule has 0 spiro atoms. The number of benzene rings is 1. The van der Waals surface area contributed by atoms with Crippen molar-refractivity contribution in [2.45, 2.75) is 44.7 Å². The molecule has 1 saturated carbocycles. The van der Waals surface area contributed by atoms with Crippen molar-refractivity contribution < 1.29 is 14.0 Å². The van der Waals surface area contributed by atoms with Crippen molar-refractivity contribution in [2.24, 2.45) is 0 Å². The number of hydrogen-bond acceptors (Lipinski definition) is 4. The van der Waals surface area contributed by atoms with Gasteiger partial charge in [-0.1, -0.05) is 12.8 Å². The minimum atomic E-state index is -0.390. The molecule has 2 N–H and O–H groups in total. The summed E-state index contributed by atoms with van der Waals surface area (Å²) in [4.78, 5) is 28.5. The molecule has 1 aromatic rings. The van der Waals surface area contributed by atoms with Crippen LogP contribution in [0.4, 0.5) is 14.9 Å². The molecule has 6 nitrogen and oxygen atoms in total. The minimum Gasteiger partial charge on any atom is -0.369 e. The third-order valence-electron chi connectivity index (χ3n) is 5.36. The van der Waals surface area contributed by atoms with Gasteiger partial charge in [-0.3, -0.25) is 15.0 Å². The van der Waals surface area contributed by atoms with Gasteiger partial charge in [0, 0.05) is 37.9 Å². The Morgan fingerprint density at radius 3 is 2.31 bits per heavy atom. The van der Waals surface area contributed by atoms with Crippen molar-refractivity contribution >= 4 is 17.6 Å². The van der Waals surface area contributed by atoms with E-state index in [9.17, 15) is 14.0 Å². The smallest absolute Gasteiger partial charge is 0.321 e. The molecule has 1 aromatic carbocycles. The molecule has 0 radical (unpaired) electrons. The predicted molar refractivity (Wildman–Crippen MR) is 98.6 cm³/mol. The van der Waals surface area contributed by atoms with E-state index in [4.69, 9.17) is 0 Å². The minimum absolute atomic E-state index is 0.192. The molecule has 1 aliphatic heterocycles. The van der Waals surface area contributed by atoms with E-state index in [-0.39, 0.29) is 23.8 Å². The number of halogens is 1. The van der Waals surface area contributed by atoms with E-state index >= 15 is 0 Å². The molecule has 1 saturated heterocycles. The average Bonchev–Trinajstić information content (AvgIpc) is 3.14. The van der Waals surface area contributed by atoms with Crippen LogP contribution in [0, 0.1) is 5.82 Å². The van der Waals surface area contributed by atoms with Gasteiger partial charge in [-0.05, 0) is 44.0 Å². The number of imide groups is 1. The maximum absolute atomic E-state index is 13.0. The Balaban J connectivity index is 1.44. The first-order valence-electron chi connectivity index (χ1n) is 9.39. The first-order chi connectivity index (χ1) is 12.5. The lowest BCUT2D eigenvalue weighted by Gasteiger charge is -2.38. The third kappa shape index (κ3) is 4.72. The second-order valence-electron chi connectivity index (χ2n) is 7.12. The van der Waals surface area contributed by atoms with E-state index in [1.807, 2.05) is 6.92 Å². The molecular formula is C19H27FN4O2. The number of carbonyl (C=O) groups is 2. The lowest BCUT2D eigenvalue weighted by Crippen LogP contribution is -2.56. The van der Waals surface area contributed by atoms with Crippen LogP contribution in [0.5, 0.6) is 0 Å². The fraction of sp³-hybridized carbons (Fsp3) is 0.579. The van der Waals surface area contributed by atoms with E-state index in [0.29, 0.717) is 0 Å². The third-order valence-corrected chi connectivity index (χ3v) is 5.36. The Bertz CT molecular complexity index is 623. The molecule has 142 valence electrons. The molecule has 1 aliphatic carbocycles. The van der Waals surface area contributed by atoms with Gasteiger partial charge in [-0.2, -0.15) is 0 Å². The van der Waals surface area contributed by atoms with Crippen molar-refractivity contribution in [3.63, 3.8) is 0 Å². The summed E-state index contributed by atoms with van der Waals surface area (Å²) in [6.45, 7) is 4.78. The normalized spacial score (nSPS) is 20.0. The van der Waals surface area contributed by atoms with E-state index in [2.05, 4.69) is 20.4 Å². The maximum atomic E-state index is 13.0. The largest absolute Gasteiger partial charge is 0.369 e. The molecule has 7 heteroatoms. The number of anilines is 1. The first kappa shape index (κ1) is 18.6. The Hall–Kier alpha value is -2.15. The van der Waals surface area contributed by atoms with Crippen LogP contribution in [0.1, 0.15) is 32.6 Å². The number of urea groups is 1. The maximum Gasteiger partial charge on any atom is 0.321 e. The molecular weight excluding hydrogens is 335 g/mol. The molecule has 3 amide bonds. The quantitative estimate of drug-likeness (QED) is 0.861. The summed E-state index contributed by atoms with van der Waals surface area (Å²) < 4.78 is 13.0. The summed E-state index contributed by atoms with van der Waals surface area (Å²) in [6, 6.07) is 5.90. The van der Waals surface area contributed by atoms with Gasteiger partial charge in [0.1, 0.15) is 5.82 Å². The van der Waals surface area contributed by atoms with Crippen LogP contribution in [0.2, 0.25) is 0 Å².